The summed E-state index contributed by atoms with van der Waals surface area (Å²) >= 11 is 0. The minimum atomic E-state index is 0.638. The maximum absolute atomic E-state index is 5.40. The average molecular weight is 183 g/mol. The van der Waals surface area contributed by atoms with Crippen molar-refractivity contribution < 1.29 is 4.74 Å². The Morgan fingerprint density at radius 2 is 2.08 bits per heavy atom. The van der Waals surface area contributed by atoms with E-state index in [4.69, 9.17) is 11.2 Å². The maximum atomic E-state index is 5.40. The predicted octanol–water partition coefficient (Wildman–Crippen LogP) is 1.81. The van der Waals surface area contributed by atoms with Crippen molar-refractivity contribution in [3.8, 4) is 12.3 Å². The Hall–Kier alpha value is -0.520. The second-order valence-electron chi connectivity index (χ2n) is 3.05. The van der Waals surface area contributed by atoms with Crippen LogP contribution in [0.4, 0.5) is 0 Å². The van der Waals surface area contributed by atoms with Crippen molar-refractivity contribution in [3.63, 3.8) is 0 Å². The van der Waals surface area contributed by atoms with E-state index in [1.54, 1.807) is 0 Å². The van der Waals surface area contributed by atoms with Crippen LogP contribution in [0.3, 0.4) is 0 Å². The topological polar surface area (TPSA) is 21.3 Å². The van der Waals surface area contributed by atoms with Gasteiger partial charge in [-0.15, -0.1) is 6.42 Å². The molecule has 0 aliphatic heterocycles. The van der Waals surface area contributed by atoms with Crippen LogP contribution in [-0.4, -0.2) is 26.3 Å². The van der Waals surface area contributed by atoms with Gasteiger partial charge >= 0.3 is 0 Å². The quantitative estimate of drug-likeness (QED) is 0.435. The number of hydrogen-bond acceptors (Lipinski definition) is 2. The smallest absolute Gasteiger partial charge is 0.0591 e. The minimum Gasteiger partial charge on any atom is -0.380 e. The standard InChI is InChI=1S/C11H21NO/c1-3-5-6-7-10-13-11-9-12-8-4-2/h2,12H,3,5-11H2,1H3. The van der Waals surface area contributed by atoms with Crippen LogP contribution >= 0.6 is 0 Å². The van der Waals surface area contributed by atoms with E-state index in [9.17, 15) is 0 Å². The van der Waals surface area contributed by atoms with Crippen LogP contribution in [0.25, 0.3) is 0 Å². The van der Waals surface area contributed by atoms with Gasteiger partial charge in [-0.1, -0.05) is 32.1 Å². The Morgan fingerprint density at radius 3 is 2.77 bits per heavy atom. The summed E-state index contributed by atoms with van der Waals surface area (Å²) in [6.07, 6.45) is 10.1. The van der Waals surface area contributed by atoms with Gasteiger partial charge in [0, 0.05) is 13.2 Å². The van der Waals surface area contributed by atoms with Crippen molar-refractivity contribution in [3.05, 3.63) is 0 Å². The molecular formula is C11H21NO. The SMILES string of the molecule is C#CCNCCOCCCCCC. The molecule has 76 valence electrons. The lowest BCUT2D eigenvalue weighted by atomic mass is 10.2. The minimum absolute atomic E-state index is 0.638. The Labute approximate surface area is 82.1 Å². The highest BCUT2D eigenvalue weighted by molar-refractivity contribution is 4.86. The molecule has 0 amide bonds. The molecule has 0 aromatic carbocycles. The van der Waals surface area contributed by atoms with E-state index >= 15 is 0 Å². The molecule has 0 saturated carbocycles. The molecule has 0 unspecified atom stereocenters. The van der Waals surface area contributed by atoms with E-state index in [1.165, 1.54) is 25.7 Å². The fourth-order valence-corrected chi connectivity index (χ4v) is 1.04. The molecule has 0 saturated heterocycles. The normalized spacial score (nSPS) is 9.85. The average Bonchev–Trinajstić information content (AvgIpc) is 2.16. The molecule has 0 aliphatic carbocycles. The lowest BCUT2D eigenvalue weighted by molar-refractivity contribution is 0.132. The molecule has 0 radical (unpaired) electrons. The van der Waals surface area contributed by atoms with Crippen LogP contribution in [0.5, 0.6) is 0 Å². The molecule has 0 aromatic rings. The van der Waals surface area contributed by atoms with Crippen molar-refractivity contribution in [2.24, 2.45) is 0 Å². The fourth-order valence-electron chi connectivity index (χ4n) is 1.04. The number of nitrogens with one attached hydrogen (secondary N) is 1. The maximum Gasteiger partial charge on any atom is 0.0591 e. The van der Waals surface area contributed by atoms with E-state index in [0.717, 1.165) is 19.8 Å². The lowest BCUT2D eigenvalue weighted by Crippen LogP contribution is -2.19. The summed E-state index contributed by atoms with van der Waals surface area (Å²) in [4.78, 5) is 0. The van der Waals surface area contributed by atoms with Gasteiger partial charge in [-0.25, -0.2) is 0 Å². The molecule has 13 heavy (non-hydrogen) atoms. The number of unbranched alkanes of at least 4 members (excludes halogenated alkanes) is 3. The molecule has 0 fully saturated rings. The number of rotatable bonds is 9. The number of hydrogen-bond donors (Lipinski definition) is 1. The van der Waals surface area contributed by atoms with Gasteiger partial charge in [-0.05, 0) is 6.42 Å². The third-order valence-electron chi connectivity index (χ3n) is 1.79. The summed E-state index contributed by atoms with van der Waals surface area (Å²) < 4.78 is 5.40. The number of terminal acetylenes is 1. The first-order valence-corrected chi connectivity index (χ1v) is 5.13. The van der Waals surface area contributed by atoms with Gasteiger partial charge in [0.1, 0.15) is 0 Å². The van der Waals surface area contributed by atoms with Crippen molar-refractivity contribution in [1.29, 1.82) is 0 Å². The monoisotopic (exact) mass is 183 g/mol. The Morgan fingerprint density at radius 1 is 1.23 bits per heavy atom. The first kappa shape index (κ1) is 12.5. The zero-order valence-electron chi connectivity index (χ0n) is 8.64. The highest BCUT2D eigenvalue weighted by atomic mass is 16.5. The van der Waals surface area contributed by atoms with Crippen molar-refractivity contribution in [2.45, 2.75) is 32.6 Å². The van der Waals surface area contributed by atoms with Gasteiger partial charge in [0.15, 0.2) is 0 Å². The molecule has 1 N–H and O–H groups in total. The first-order valence-electron chi connectivity index (χ1n) is 5.13. The third kappa shape index (κ3) is 11.5. The largest absolute Gasteiger partial charge is 0.380 e. The molecule has 0 spiro atoms. The second-order valence-corrected chi connectivity index (χ2v) is 3.05. The Bertz CT molecular complexity index is 129. The third-order valence-corrected chi connectivity index (χ3v) is 1.79. The van der Waals surface area contributed by atoms with E-state index in [-0.39, 0.29) is 0 Å². The molecule has 2 nitrogen and oxygen atoms in total. The zero-order chi connectivity index (χ0) is 9.78. The van der Waals surface area contributed by atoms with Crippen LogP contribution in [0, 0.1) is 12.3 Å². The zero-order valence-corrected chi connectivity index (χ0v) is 8.64. The van der Waals surface area contributed by atoms with Crippen molar-refractivity contribution in [2.75, 3.05) is 26.3 Å². The number of ether oxygens (including phenoxy) is 1. The summed E-state index contributed by atoms with van der Waals surface area (Å²) in [7, 11) is 0. The van der Waals surface area contributed by atoms with Crippen LogP contribution in [0.1, 0.15) is 32.6 Å². The van der Waals surface area contributed by atoms with Gasteiger partial charge in [0.2, 0.25) is 0 Å². The van der Waals surface area contributed by atoms with Crippen molar-refractivity contribution in [1.82, 2.24) is 5.32 Å². The van der Waals surface area contributed by atoms with Crippen LogP contribution in [-0.2, 0) is 4.74 Å². The highest BCUT2D eigenvalue weighted by Crippen LogP contribution is 1.98. The fraction of sp³-hybridized carbons (Fsp3) is 0.818. The second kappa shape index (κ2) is 11.5. The summed E-state index contributed by atoms with van der Waals surface area (Å²) in [5, 5.41) is 3.08. The predicted molar refractivity (Wildman–Crippen MR) is 56.7 cm³/mol. The van der Waals surface area contributed by atoms with E-state index in [2.05, 4.69) is 18.2 Å². The van der Waals surface area contributed by atoms with Gasteiger partial charge in [-0.2, -0.15) is 0 Å². The van der Waals surface area contributed by atoms with E-state index in [0.29, 0.717) is 6.54 Å². The molecule has 0 heterocycles. The summed E-state index contributed by atoms with van der Waals surface area (Å²) in [5.41, 5.74) is 0. The van der Waals surface area contributed by atoms with E-state index in [1.807, 2.05) is 0 Å². The van der Waals surface area contributed by atoms with Crippen LogP contribution in [0.15, 0.2) is 0 Å². The van der Waals surface area contributed by atoms with Gasteiger partial charge in [-0.3, -0.25) is 0 Å². The van der Waals surface area contributed by atoms with E-state index < -0.39 is 0 Å². The first-order chi connectivity index (χ1) is 6.41. The molecule has 0 aromatic heterocycles. The molecule has 0 atom stereocenters. The van der Waals surface area contributed by atoms with Crippen LogP contribution < -0.4 is 5.32 Å². The molecule has 0 bridgehead atoms. The Balaban J connectivity index is 2.80. The van der Waals surface area contributed by atoms with Gasteiger partial charge in [0.05, 0.1) is 13.2 Å². The molecule has 2 heteroatoms. The van der Waals surface area contributed by atoms with Gasteiger partial charge < -0.3 is 10.1 Å². The molecule has 0 rings (SSSR count). The Kier molecular flexibility index (Phi) is 11.0. The van der Waals surface area contributed by atoms with Crippen molar-refractivity contribution >= 4 is 0 Å². The summed E-state index contributed by atoms with van der Waals surface area (Å²) in [6, 6.07) is 0. The van der Waals surface area contributed by atoms with Gasteiger partial charge in [0.25, 0.3) is 0 Å². The highest BCUT2D eigenvalue weighted by Gasteiger charge is 1.88. The lowest BCUT2D eigenvalue weighted by Gasteiger charge is -2.03. The summed E-state index contributed by atoms with van der Waals surface area (Å²) in [5.74, 6) is 2.52. The molecular weight excluding hydrogens is 162 g/mol. The summed E-state index contributed by atoms with van der Waals surface area (Å²) in [6.45, 7) is 5.37. The molecule has 0 aliphatic rings. The van der Waals surface area contributed by atoms with Crippen LogP contribution in [0.2, 0.25) is 0 Å².